The van der Waals surface area contributed by atoms with Gasteiger partial charge in [-0.3, -0.25) is 52.9 Å². The highest BCUT2D eigenvalue weighted by molar-refractivity contribution is 6.31. The minimum absolute atomic E-state index is 0. The molecular formula is C57H56Cl2F2N18O8. The van der Waals surface area contributed by atoms with Crippen molar-refractivity contribution >= 4 is 109 Å². The summed E-state index contributed by atoms with van der Waals surface area (Å²) in [7, 11) is 0. The van der Waals surface area contributed by atoms with Gasteiger partial charge in [0.2, 0.25) is 29.5 Å². The van der Waals surface area contributed by atoms with Gasteiger partial charge in [0.25, 0.3) is 11.8 Å². The molecule has 0 bridgehead atoms. The summed E-state index contributed by atoms with van der Waals surface area (Å²) in [6.07, 6.45) is 9.32. The van der Waals surface area contributed by atoms with Gasteiger partial charge in [-0.15, -0.1) is 0 Å². The zero-order valence-electron chi connectivity index (χ0n) is 45.2. The Morgan fingerprint density at radius 1 is 0.632 bits per heavy atom. The van der Waals surface area contributed by atoms with Crippen LogP contribution in [0.15, 0.2) is 127 Å². The van der Waals surface area contributed by atoms with Gasteiger partial charge in [0, 0.05) is 99.4 Å². The van der Waals surface area contributed by atoms with Gasteiger partial charge in [-0.2, -0.15) is 10.2 Å². The zero-order chi connectivity index (χ0) is 61.6. The number of carbonyl (C=O) groups is 8. The molecule has 10 rings (SSSR count). The van der Waals surface area contributed by atoms with Crippen LogP contribution in [0.2, 0.25) is 10.0 Å². The van der Waals surface area contributed by atoms with Gasteiger partial charge in [-0.05, 0) is 109 Å². The van der Waals surface area contributed by atoms with E-state index in [2.05, 4.69) is 51.5 Å². The SMILES string of the molecule is C.NC(=O)c1nn(CC(=O)N(CC(=O)NCc2cccc(Cl)c2F)C2CC2)c2ccc(NC(=O)Nc3ccncc3)cc12.Nc1ccncc1.[N-]=[N+]=NC(=O)c1ccc2c(c1)c(C(N)=O)nn2CC(=O)N(CC(=O)NCc1cccc(Cl)c1F)C1CC1. The number of pyridine rings is 2. The molecule has 8 aromatic rings. The van der Waals surface area contributed by atoms with Crippen LogP contribution >= 0.6 is 23.2 Å². The van der Waals surface area contributed by atoms with E-state index in [0.717, 1.165) is 31.4 Å². The molecule has 0 atom stereocenters. The third-order valence-electron chi connectivity index (χ3n) is 13.1. The van der Waals surface area contributed by atoms with Gasteiger partial charge in [-0.25, -0.2) is 13.6 Å². The molecule has 2 fully saturated rings. The lowest BCUT2D eigenvalue weighted by atomic mass is 10.1. The van der Waals surface area contributed by atoms with Crippen LogP contribution in [-0.4, -0.2) is 112 Å². The van der Waals surface area contributed by atoms with Gasteiger partial charge >= 0.3 is 6.03 Å². The fourth-order valence-electron chi connectivity index (χ4n) is 8.60. The minimum atomic E-state index is -0.878. The summed E-state index contributed by atoms with van der Waals surface area (Å²) in [6, 6.07) is 23.8. The van der Waals surface area contributed by atoms with Crippen molar-refractivity contribution in [3.8, 4) is 0 Å². The number of rotatable bonds is 19. The molecule has 4 heterocycles. The lowest BCUT2D eigenvalue weighted by Crippen LogP contribution is -2.43. The normalized spacial score (nSPS) is 12.1. The molecule has 26 nitrogen and oxygen atoms in total. The fraction of sp³-hybridized carbons (Fsp3) is 0.228. The molecule has 2 saturated carbocycles. The van der Waals surface area contributed by atoms with Crippen molar-refractivity contribution in [3.63, 3.8) is 0 Å². The Kier molecular flexibility index (Phi) is 21.6. The number of azide groups is 1. The van der Waals surface area contributed by atoms with Crippen molar-refractivity contribution < 1.29 is 47.1 Å². The predicted molar refractivity (Wildman–Crippen MR) is 318 cm³/mol. The van der Waals surface area contributed by atoms with Gasteiger partial charge in [0.05, 0.1) is 34.2 Å². The summed E-state index contributed by atoms with van der Waals surface area (Å²) in [4.78, 5) is 113. The van der Waals surface area contributed by atoms with E-state index in [4.69, 9.17) is 45.9 Å². The first-order valence-electron chi connectivity index (χ1n) is 26.1. The predicted octanol–water partition coefficient (Wildman–Crippen LogP) is 7.26. The van der Waals surface area contributed by atoms with E-state index in [1.807, 2.05) is 0 Å². The monoisotopic (exact) mass is 1230 g/mol. The number of carbonyl (C=O) groups excluding carboxylic acids is 8. The van der Waals surface area contributed by atoms with Crippen LogP contribution in [0, 0.1) is 11.6 Å². The van der Waals surface area contributed by atoms with Crippen LogP contribution in [0.25, 0.3) is 32.2 Å². The number of primary amides is 2. The van der Waals surface area contributed by atoms with E-state index in [-0.39, 0.29) is 108 Å². The molecule has 0 saturated heterocycles. The molecule has 30 heteroatoms. The highest BCUT2D eigenvalue weighted by atomic mass is 35.5. The Balaban J connectivity index is 0.000000222. The molecule has 0 unspecified atom stereocenters. The smallest absolute Gasteiger partial charge is 0.323 e. The number of nitrogens with zero attached hydrogens (tertiary/aromatic N) is 11. The second-order valence-corrected chi connectivity index (χ2v) is 20.1. The van der Waals surface area contributed by atoms with Gasteiger partial charge < -0.3 is 48.3 Å². The van der Waals surface area contributed by atoms with Crippen LogP contribution in [0.1, 0.15) is 75.6 Å². The molecule has 450 valence electrons. The topological polar surface area (TPSA) is 379 Å². The highest BCUT2D eigenvalue weighted by Crippen LogP contribution is 2.30. The van der Waals surface area contributed by atoms with Gasteiger partial charge in [0.15, 0.2) is 11.4 Å². The van der Waals surface area contributed by atoms with E-state index >= 15 is 0 Å². The first-order valence-corrected chi connectivity index (χ1v) is 26.9. The number of aromatic nitrogens is 6. The molecule has 4 aromatic carbocycles. The third-order valence-corrected chi connectivity index (χ3v) is 13.7. The number of amides is 9. The summed E-state index contributed by atoms with van der Waals surface area (Å²) < 4.78 is 30.9. The maximum atomic E-state index is 14.2. The van der Waals surface area contributed by atoms with Crippen molar-refractivity contribution in [2.45, 2.75) is 71.4 Å². The maximum Gasteiger partial charge on any atom is 0.323 e. The van der Waals surface area contributed by atoms with Crippen LogP contribution < -0.4 is 38.5 Å². The Hall–Kier alpha value is -10.6. The summed E-state index contributed by atoms with van der Waals surface area (Å²) in [5, 5.41) is 22.4. The molecule has 9 amide bonds. The van der Waals surface area contributed by atoms with E-state index in [0.29, 0.717) is 27.8 Å². The van der Waals surface area contributed by atoms with Gasteiger partial charge in [0.1, 0.15) is 24.7 Å². The van der Waals surface area contributed by atoms with Crippen LogP contribution in [0.4, 0.5) is 30.6 Å². The first kappa shape index (κ1) is 64.0. The molecule has 2 aliphatic rings. The van der Waals surface area contributed by atoms with E-state index in [9.17, 15) is 47.1 Å². The third kappa shape index (κ3) is 17.1. The lowest BCUT2D eigenvalue weighted by molar-refractivity contribution is -0.137. The number of hydrogen-bond acceptors (Lipinski definition) is 13. The number of urea groups is 1. The Bertz CT molecular complexity index is 3950. The molecule has 4 aromatic heterocycles. The second kappa shape index (κ2) is 29.3. The van der Waals surface area contributed by atoms with E-state index < -0.39 is 53.1 Å². The second-order valence-electron chi connectivity index (χ2n) is 19.3. The number of nitrogen functional groups attached to an aromatic ring is 1. The van der Waals surface area contributed by atoms with E-state index in [1.165, 1.54) is 80.1 Å². The largest absolute Gasteiger partial charge is 0.399 e. The number of halogens is 4. The van der Waals surface area contributed by atoms with Crippen molar-refractivity contribution in [2.75, 3.05) is 29.5 Å². The number of fused-ring (bicyclic) bond motifs is 2. The van der Waals surface area contributed by atoms with Crippen molar-refractivity contribution in [1.29, 1.82) is 0 Å². The molecule has 2 aliphatic carbocycles. The first-order chi connectivity index (χ1) is 41.3. The van der Waals surface area contributed by atoms with Crippen molar-refractivity contribution in [3.05, 3.63) is 182 Å². The molecule has 0 aliphatic heterocycles. The number of nitrogens with two attached hydrogens (primary N) is 3. The Morgan fingerprint density at radius 3 is 1.52 bits per heavy atom. The van der Waals surface area contributed by atoms with Crippen LogP contribution in [0.3, 0.4) is 0 Å². The van der Waals surface area contributed by atoms with Crippen LogP contribution in [0.5, 0.6) is 0 Å². The molecule has 0 spiro atoms. The quantitative estimate of drug-likeness (QED) is 0.0238. The molecular weight excluding hydrogens is 1170 g/mol. The Labute approximate surface area is 504 Å². The fourth-order valence-corrected chi connectivity index (χ4v) is 8.98. The summed E-state index contributed by atoms with van der Waals surface area (Å²) in [5.74, 6) is -5.54. The summed E-state index contributed by atoms with van der Waals surface area (Å²) >= 11 is 11.6. The maximum absolute atomic E-state index is 14.2. The number of hydrogen-bond donors (Lipinski definition) is 7. The van der Waals surface area contributed by atoms with E-state index in [1.54, 1.807) is 60.9 Å². The minimum Gasteiger partial charge on any atom is -0.399 e. The zero-order valence-corrected chi connectivity index (χ0v) is 46.7. The summed E-state index contributed by atoms with van der Waals surface area (Å²) in [6.45, 7) is -1.22. The molecule has 0 radical (unpaired) electrons. The summed E-state index contributed by atoms with van der Waals surface area (Å²) in [5.41, 5.74) is 27.5. The average molecular weight is 1230 g/mol. The number of nitrogens with one attached hydrogen (secondary N) is 4. The average Bonchev–Trinajstić information content (AvgIpc) is 2.78. The lowest BCUT2D eigenvalue weighted by Gasteiger charge is -2.22. The van der Waals surface area contributed by atoms with Crippen LogP contribution in [-0.2, 0) is 45.4 Å². The van der Waals surface area contributed by atoms with Gasteiger partial charge in [-0.1, -0.05) is 54.9 Å². The number of benzene rings is 4. The Morgan fingerprint density at radius 2 is 1.08 bits per heavy atom. The highest BCUT2D eigenvalue weighted by Gasteiger charge is 2.36. The van der Waals surface area contributed by atoms with Crippen molar-refractivity contribution in [1.82, 2.24) is 50.0 Å². The molecule has 87 heavy (non-hydrogen) atoms. The molecule has 10 N–H and O–H groups in total. The standard InChI is InChI=1S/C28H26ClFN8O4.C23H20ClFN8O4.C5H6N2.CH4/c29-21-3-1-2-16(25(21)30)13-33-23(39)14-37(19-5-6-19)24(40)15-38-22-7-4-18(12-20(22)26(36-38)27(31)41)35-28(42)34-17-8-10-32-11-9-17;24-16-3-1-2-13(20(16)25)9-28-18(34)10-32(14-5-6-14)19(35)11-33-17-7-4-12(23(37)29-31-27)8-15(17)21(30-33)22(26)36;6-5-1-3-7-4-2-5;/h1-4,7-12,19H,5-6,13-15H2,(H2,31,41)(H,33,39)(H2,32,34,35,42);1-4,7-8,14H,5-6,9-11H2,(H2,26,36)(H,28,34);1-4H,(H2,6,7);1H4. The van der Waals surface area contributed by atoms with Crippen molar-refractivity contribution in [2.24, 2.45) is 16.6 Å². The number of anilines is 3.